The van der Waals surface area contributed by atoms with Crippen molar-refractivity contribution in [1.82, 2.24) is 10.2 Å². The van der Waals surface area contributed by atoms with Gasteiger partial charge in [-0.15, -0.1) is 0 Å². The van der Waals surface area contributed by atoms with Gasteiger partial charge in [0.15, 0.2) is 0 Å². The smallest absolute Gasteiger partial charge is 0.244 e. The molecule has 40 heavy (non-hydrogen) atoms. The third-order valence-electron chi connectivity index (χ3n) is 5.91. The molecule has 7 nitrogen and oxygen atoms in total. The molecular formula is C29H32BrCl2N3O4S. The zero-order valence-electron chi connectivity index (χ0n) is 22.7. The molecule has 214 valence electrons. The highest BCUT2D eigenvalue weighted by Gasteiger charge is 2.34. The molecule has 0 bridgehead atoms. The van der Waals surface area contributed by atoms with E-state index in [-0.39, 0.29) is 34.6 Å². The maximum atomic E-state index is 14.1. The number of nitrogens with zero attached hydrogens (tertiary/aromatic N) is 2. The molecule has 0 aromatic heterocycles. The van der Waals surface area contributed by atoms with Crippen molar-refractivity contribution in [3.63, 3.8) is 0 Å². The van der Waals surface area contributed by atoms with E-state index in [1.807, 2.05) is 75.4 Å². The maximum Gasteiger partial charge on any atom is 0.244 e. The summed E-state index contributed by atoms with van der Waals surface area (Å²) in [6, 6.07) is 20.4. The van der Waals surface area contributed by atoms with E-state index in [0.29, 0.717) is 0 Å². The number of sulfonamides is 1. The first-order valence-electron chi connectivity index (χ1n) is 12.5. The lowest BCUT2D eigenvalue weighted by Crippen LogP contribution is -2.56. The first kappa shape index (κ1) is 31.9. The molecule has 0 fully saturated rings. The molecule has 1 N–H and O–H groups in total. The molecule has 3 aromatic carbocycles. The van der Waals surface area contributed by atoms with Crippen LogP contribution in [0.5, 0.6) is 0 Å². The number of hydrogen-bond acceptors (Lipinski definition) is 4. The Bertz CT molecular complexity index is 1450. The highest BCUT2D eigenvalue weighted by atomic mass is 79.9. The van der Waals surface area contributed by atoms with E-state index in [1.165, 1.54) is 17.0 Å². The van der Waals surface area contributed by atoms with Crippen molar-refractivity contribution in [2.24, 2.45) is 0 Å². The second-order valence-electron chi connectivity index (χ2n) is 10.4. The fourth-order valence-corrected chi connectivity index (χ4v) is 5.64. The highest BCUT2D eigenvalue weighted by Crippen LogP contribution is 2.34. The third kappa shape index (κ3) is 8.96. The van der Waals surface area contributed by atoms with Crippen LogP contribution < -0.4 is 9.62 Å². The van der Waals surface area contributed by atoms with Crippen LogP contribution in [0, 0.1) is 0 Å². The van der Waals surface area contributed by atoms with Gasteiger partial charge >= 0.3 is 0 Å². The van der Waals surface area contributed by atoms with Crippen molar-refractivity contribution in [3.05, 3.63) is 98.4 Å². The van der Waals surface area contributed by atoms with Gasteiger partial charge in [0, 0.05) is 23.0 Å². The van der Waals surface area contributed by atoms with Crippen molar-refractivity contribution in [2.45, 2.75) is 45.3 Å². The highest BCUT2D eigenvalue weighted by molar-refractivity contribution is 9.10. The molecule has 3 rings (SSSR count). The van der Waals surface area contributed by atoms with E-state index in [0.717, 1.165) is 26.2 Å². The summed E-state index contributed by atoms with van der Waals surface area (Å²) in [6.45, 7) is 5.07. The Labute approximate surface area is 254 Å². The van der Waals surface area contributed by atoms with E-state index in [4.69, 9.17) is 23.2 Å². The van der Waals surface area contributed by atoms with E-state index < -0.39 is 34.1 Å². The topological polar surface area (TPSA) is 86.8 Å². The van der Waals surface area contributed by atoms with Crippen molar-refractivity contribution in [2.75, 3.05) is 17.1 Å². The summed E-state index contributed by atoms with van der Waals surface area (Å²) in [5.74, 6) is -0.928. The average molecular weight is 669 g/mol. The van der Waals surface area contributed by atoms with Crippen molar-refractivity contribution >= 4 is 66.7 Å². The molecule has 0 saturated heterocycles. The van der Waals surface area contributed by atoms with E-state index >= 15 is 0 Å². The van der Waals surface area contributed by atoms with Crippen LogP contribution in [-0.4, -0.2) is 49.5 Å². The summed E-state index contributed by atoms with van der Waals surface area (Å²) in [7, 11) is -3.96. The second-order valence-corrected chi connectivity index (χ2v) is 14.0. The minimum absolute atomic E-state index is 0.00756. The maximum absolute atomic E-state index is 14.1. The standard InChI is InChI=1S/C29H32BrCl2N3O4S/c1-29(2,3)33-28(37)25(17-20-9-6-5-7-10-20)34(18-21-13-15-22(30)16-14-21)26(36)19-35(40(4,38)39)24-12-8-11-23(31)27(24)32/h5-16,25H,17-19H2,1-4H3,(H,33,37)/t25-/m1/s1. The normalized spacial score (nSPS) is 12.5. The van der Waals surface area contributed by atoms with Crippen LogP contribution >= 0.6 is 39.1 Å². The van der Waals surface area contributed by atoms with Crippen LogP contribution in [0.2, 0.25) is 10.0 Å². The predicted octanol–water partition coefficient (Wildman–Crippen LogP) is 6.08. The van der Waals surface area contributed by atoms with Crippen LogP contribution in [0.25, 0.3) is 0 Å². The molecular weight excluding hydrogens is 637 g/mol. The zero-order valence-corrected chi connectivity index (χ0v) is 26.6. The third-order valence-corrected chi connectivity index (χ3v) is 8.38. The molecule has 0 saturated carbocycles. The molecule has 0 aliphatic heterocycles. The Morgan fingerprint density at radius 2 is 1.55 bits per heavy atom. The second kappa shape index (κ2) is 13.4. The largest absolute Gasteiger partial charge is 0.350 e. The minimum Gasteiger partial charge on any atom is -0.350 e. The van der Waals surface area contributed by atoms with Crippen LogP contribution in [0.1, 0.15) is 31.9 Å². The number of benzene rings is 3. The Morgan fingerprint density at radius 3 is 2.12 bits per heavy atom. The molecule has 0 heterocycles. The number of halogens is 3. The summed E-state index contributed by atoms with van der Waals surface area (Å²) >= 11 is 16.0. The van der Waals surface area contributed by atoms with Crippen LogP contribution in [-0.2, 0) is 32.6 Å². The Balaban J connectivity index is 2.09. The number of rotatable bonds is 10. The van der Waals surface area contributed by atoms with Gasteiger partial charge in [0.1, 0.15) is 12.6 Å². The molecule has 0 aliphatic carbocycles. The quantitative estimate of drug-likeness (QED) is 0.284. The lowest BCUT2D eigenvalue weighted by atomic mass is 10.0. The van der Waals surface area contributed by atoms with Crippen LogP contribution in [0.3, 0.4) is 0 Å². The fraction of sp³-hybridized carbons (Fsp3) is 0.310. The van der Waals surface area contributed by atoms with Crippen LogP contribution in [0.15, 0.2) is 77.3 Å². The first-order chi connectivity index (χ1) is 18.7. The fourth-order valence-electron chi connectivity index (χ4n) is 4.07. The Morgan fingerprint density at radius 1 is 0.925 bits per heavy atom. The SMILES string of the molecule is CC(C)(C)NC(=O)[C@@H](Cc1ccccc1)N(Cc1ccc(Br)cc1)C(=O)CN(c1cccc(Cl)c1Cl)S(C)(=O)=O. The molecule has 2 amide bonds. The van der Waals surface area contributed by atoms with Gasteiger partial charge < -0.3 is 10.2 Å². The minimum atomic E-state index is -3.96. The number of anilines is 1. The van der Waals surface area contributed by atoms with Gasteiger partial charge in [-0.2, -0.15) is 0 Å². The van der Waals surface area contributed by atoms with E-state index in [2.05, 4.69) is 21.2 Å². The number of nitrogens with one attached hydrogen (secondary N) is 1. The van der Waals surface area contributed by atoms with E-state index in [1.54, 1.807) is 6.07 Å². The summed E-state index contributed by atoms with van der Waals surface area (Å²) in [4.78, 5) is 29.2. The first-order valence-corrected chi connectivity index (χ1v) is 15.9. The lowest BCUT2D eigenvalue weighted by Gasteiger charge is -2.35. The predicted molar refractivity (Wildman–Crippen MR) is 165 cm³/mol. The van der Waals surface area contributed by atoms with Gasteiger partial charge in [-0.3, -0.25) is 13.9 Å². The van der Waals surface area contributed by atoms with Gasteiger partial charge in [0.05, 0.1) is 22.0 Å². The molecule has 0 spiro atoms. The molecule has 3 aromatic rings. The van der Waals surface area contributed by atoms with Gasteiger partial charge in [-0.05, 0) is 56.2 Å². The van der Waals surface area contributed by atoms with Gasteiger partial charge in [0.2, 0.25) is 21.8 Å². The van der Waals surface area contributed by atoms with Gasteiger partial charge in [0.25, 0.3) is 0 Å². The summed E-state index contributed by atoms with van der Waals surface area (Å²) < 4.78 is 27.6. The van der Waals surface area contributed by atoms with E-state index in [9.17, 15) is 18.0 Å². The number of amides is 2. The van der Waals surface area contributed by atoms with Gasteiger partial charge in [-0.1, -0.05) is 87.7 Å². The van der Waals surface area contributed by atoms with Crippen molar-refractivity contribution in [1.29, 1.82) is 0 Å². The zero-order chi connectivity index (χ0) is 29.7. The number of hydrogen-bond donors (Lipinski definition) is 1. The summed E-state index contributed by atoms with van der Waals surface area (Å²) in [5, 5.41) is 3.15. The molecule has 1 atom stereocenters. The van der Waals surface area contributed by atoms with Crippen molar-refractivity contribution in [3.8, 4) is 0 Å². The summed E-state index contributed by atoms with van der Waals surface area (Å²) in [5.41, 5.74) is 1.13. The average Bonchev–Trinajstić information content (AvgIpc) is 2.86. The number of carbonyl (C=O) groups excluding carboxylic acids is 2. The molecule has 0 radical (unpaired) electrons. The van der Waals surface area contributed by atoms with Crippen molar-refractivity contribution < 1.29 is 18.0 Å². The van der Waals surface area contributed by atoms with Gasteiger partial charge in [-0.25, -0.2) is 8.42 Å². The molecule has 11 heteroatoms. The molecule has 0 aliphatic rings. The summed E-state index contributed by atoms with van der Waals surface area (Å²) in [6.07, 6.45) is 1.21. The number of carbonyl (C=O) groups is 2. The molecule has 0 unspecified atom stereocenters. The van der Waals surface area contributed by atoms with Crippen LogP contribution in [0.4, 0.5) is 5.69 Å². The Kier molecular flexibility index (Phi) is 10.7. The lowest BCUT2D eigenvalue weighted by molar-refractivity contribution is -0.140. The monoisotopic (exact) mass is 667 g/mol. The Hall–Kier alpha value is -2.59.